The maximum Gasteiger partial charge on any atom is 0.250 e. The molecule has 4 aromatic carbocycles. The predicted molar refractivity (Wildman–Crippen MR) is 186 cm³/mol. The van der Waals surface area contributed by atoms with E-state index >= 15 is 0 Å². The quantitative estimate of drug-likeness (QED) is 0.237. The number of hydrogen-bond acceptors (Lipinski definition) is 7. The molecule has 2 atom stereocenters. The highest BCUT2D eigenvalue weighted by Gasteiger charge is 2.54. The van der Waals surface area contributed by atoms with Crippen molar-refractivity contribution in [1.82, 2.24) is 14.7 Å². The first-order valence-electron chi connectivity index (χ1n) is 16.9. The normalized spacial score (nSPS) is 19.5. The molecule has 0 radical (unpaired) electrons. The molecule has 48 heavy (non-hydrogen) atoms. The minimum Gasteiger partial charge on any atom is -0.493 e. The molecule has 2 aliphatic heterocycles. The first-order chi connectivity index (χ1) is 23.3. The van der Waals surface area contributed by atoms with Gasteiger partial charge < -0.3 is 29.3 Å². The van der Waals surface area contributed by atoms with Crippen molar-refractivity contribution in [1.29, 1.82) is 0 Å². The second kappa shape index (κ2) is 13.4. The Labute approximate surface area is 282 Å². The lowest BCUT2D eigenvalue weighted by Crippen LogP contribution is -2.57. The van der Waals surface area contributed by atoms with Gasteiger partial charge in [0.15, 0.2) is 11.5 Å². The third-order valence-corrected chi connectivity index (χ3v) is 10.7. The summed E-state index contributed by atoms with van der Waals surface area (Å²) in [4.78, 5) is 23.0. The van der Waals surface area contributed by atoms with Gasteiger partial charge in [-0.2, -0.15) is 0 Å². The Morgan fingerprint density at radius 3 is 2.44 bits per heavy atom. The van der Waals surface area contributed by atoms with E-state index in [0.29, 0.717) is 43.6 Å². The van der Waals surface area contributed by atoms with Gasteiger partial charge in [-0.05, 0) is 96.6 Å². The van der Waals surface area contributed by atoms with E-state index in [9.17, 15) is 14.3 Å². The van der Waals surface area contributed by atoms with Crippen LogP contribution in [0.3, 0.4) is 0 Å². The third kappa shape index (κ3) is 5.99. The Balaban J connectivity index is 1.02. The first kappa shape index (κ1) is 32.4. The number of carbonyl (C=O) groups is 1. The molecule has 3 aliphatic rings. The van der Waals surface area contributed by atoms with Crippen molar-refractivity contribution < 1.29 is 23.8 Å². The van der Waals surface area contributed by atoms with Gasteiger partial charge in [0.05, 0.1) is 27.0 Å². The number of halogens is 1. The SMILES string of the molecule is COc1ccc(CCN(C)C[C@@H](O)CN2CN(c3ccc(F)cc3)C3(CCN([C@@H]4Cc5cccc6cccc4c56)CC3)C2=O)cc1OC. The van der Waals surface area contributed by atoms with Crippen molar-refractivity contribution in [3.63, 3.8) is 0 Å². The van der Waals surface area contributed by atoms with Crippen LogP contribution in [0.1, 0.15) is 35.6 Å². The Hall–Kier alpha value is -4.18. The number of ether oxygens (including phenoxy) is 2. The summed E-state index contributed by atoms with van der Waals surface area (Å²) in [5, 5.41) is 13.9. The summed E-state index contributed by atoms with van der Waals surface area (Å²) in [5.74, 6) is 1.14. The summed E-state index contributed by atoms with van der Waals surface area (Å²) < 4.78 is 24.8. The number of piperidine rings is 1. The number of rotatable bonds is 11. The Kier molecular flexibility index (Phi) is 9.02. The number of benzene rings is 4. The number of β-amino-alcohol motifs (C(OH)–C–C–N with tert-alkyl or cyclic N) is 1. The molecule has 252 valence electrons. The maximum absolute atomic E-state index is 14.4. The van der Waals surface area contributed by atoms with Crippen LogP contribution < -0.4 is 14.4 Å². The average molecular weight is 653 g/mol. The van der Waals surface area contributed by atoms with Gasteiger partial charge in [0.2, 0.25) is 5.91 Å². The zero-order chi connectivity index (χ0) is 33.4. The molecule has 1 N–H and O–H groups in total. The molecule has 2 saturated heterocycles. The van der Waals surface area contributed by atoms with Gasteiger partial charge in [-0.3, -0.25) is 9.69 Å². The Morgan fingerprint density at radius 1 is 0.979 bits per heavy atom. The van der Waals surface area contributed by atoms with Crippen molar-refractivity contribution >= 4 is 22.4 Å². The summed E-state index contributed by atoms with van der Waals surface area (Å²) in [6.07, 6.45) is 2.39. The fourth-order valence-electron chi connectivity index (χ4n) is 8.22. The van der Waals surface area contributed by atoms with Gasteiger partial charge in [-0.15, -0.1) is 0 Å². The van der Waals surface area contributed by atoms with Crippen LogP contribution >= 0.6 is 0 Å². The molecular formula is C39H45FN4O4. The summed E-state index contributed by atoms with van der Waals surface area (Å²) in [7, 11) is 5.24. The number of carbonyl (C=O) groups excluding carboxylic acids is 1. The lowest BCUT2D eigenvalue weighted by molar-refractivity contribution is -0.135. The maximum atomic E-state index is 14.4. The van der Waals surface area contributed by atoms with Crippen LogP contribution in [0.25, 0.3) is 10.8 Å². The molecule has 1 amide bonds. The van der Waals surface area contributed by atoms with E-state index in [1.165, 1.54) is 34.0 Å². The van der Waals surface area contributed by atoms with Gasteiger partial charge in [-0.1, -0.05) is 42.5 Å². The molecule has 7 rings (SSSR count). The van der Waals surface area contributed by atoms with Crippen molar-refractivity contribution in [3.8, 4) is 11.5 Å². The van der Waals surface area contributed by atoms with Crippen molar-refractivity contribution in [3.05, 3.63) is 101 Å². The lowest BCUT2D eigenvalue weighted by atomic mass is 9.84. The molecule has 2 fully saturated rings. The zero-order valence-electron chi connectivity index (χ0n) is 28.1. The largest absolute Gasteiger partial charge is 0.493 e. The third-order valence-electron chi connectivity index (χ3n) is 10.7. The lowest BCUT2D eigenvalue weighted by Gasteiger charge is -2.45. The molecule has 4 aromatic rings. The van der Waals surface area contributed by atoms with Crippen LogP contribution in [-0.4, -0.2) is 98.0 Å². The highest BCUT2D eigenvalue weighted by molar-refractivity contribution is 5.94. The highest BCUT2D eigenvalue weighted by Crippen LogP contribution is 2.45. The molecule has 0 saturated carbocycles. The monoisotopic (exact) mass is 652 g/mol. The van der Waals surface area contributed by atoms with Crippen LogP contribution in [0, 0.1) is 5.82 Å². The molecule has 0 bridgehead atoms. The van der Waals surface area contributed by atoms with Crippen LogP contribution in [0.4, 0.5) is 10.1 Å². The minimum absolute atomic E-state index is 0.0512. The number of methoxy groups -OCH3 is 2. The fourth-order valence-corrected chi connectivity index (χ4v) is 8.22. The zero-order valence-corrected chi connectivity index (χ0v) is 28.1. The van der Waals surface area contributed by atoms with E-state index in [2.05, 4.69) is 51.1 Å². The Morgan fingerprint density at radius 2 is 1.71 bits per heavy atom. The van der Waals surface area contributed by atoms with Gasteiger partial charge in [0, 0.05) is 44.5 Å². The first-order valence-corrected chi connectivity index (χ1v) is 16.9. The summed E-state index contributed by atoms with van der Waals surface area (Å²) >= 11 is 0. The van der Waals surface area contributed by atoms with Crippen molar-refractivity contribution in [2.45, 2.75) is 43.4 Å². The number of likely N-dealkylation sites (N-methyl/N-ethyl adjacent to an activating group) is 1. The second-order valence-corrected chi connectivity index (χ2v) is 13.6. The van der Waals surface area contributed by atoms with Crippen LogP contribution in [0.15, 0.2) is 78.9 Å². The van der Waals surface area contributed by atoms with Gasteiger partial charge in [-0.25, -0.2) is 4.39 Å². The number of nitrogens with zero attached hydrogens (tertiary/aromatic N) is 4. The topological polar surface area (TPSA) is 68.7 Å². The van der Waals surface area contributed by atoms with Crippen LogP contribution in [0.5, 0.6) is 11.5 Å². The van der Waals surface area contributed by atoms with E-state index < -0.39 is 11.6 Å². The van der Waals surface area contributed by atoms with E-state index in [1.54, 1.807) is 31.3 Å². The van der Waals surface area contributed by atoms with E-state index in [1.807, 2.05) is 25.2 Å². The van der Waals surface area contributed by atoms with Gasteiger partial charge in [0.1, 0.15) is 11.4 Å². The molecule has 8 nitrogen and oxygen atoms in total. The Bertz CT molecular complexity index is 1770. The molecule has 9 heteroatoms. The molecular weight excluding hydrogens is 607 g/mol. The second-order valence-electron chi connectivity index (χ2n) is 13.6. The number of amides is 1. The van der Waals surface area contributed by atoms with Gasteiger partial charge in [0.25, 0.3) is 0 Å². The number of likely N-dealkylation sites (tertiary alicyclic amines) is 1. The number of hydrogen-bond donors (Lipinski definition) is 1. The van der Waals surface area contributed by atoms with E-state index in [0.717, 1.165) is 43.7 Å². The van der Waals surface area contributed by atoms with E-state index in [4.69, 9.17) is 9.47 Å². The van der Waals surface area contributed by atoms with Crippen molar-refractivity contribution in [2.24, 2.45) is 0 Å². The summed E-state index contributed by atoms with van der Waals surface area (Å²) in [6, 6.07) is 25.8. The van der Waals surface area contributed by atoms with Crippen molar-refractivity contribution in [2.75, 3.05) is 65.6 Å². The number of aliphatic hydroxyl groups is 1. The molecule has 2 heterocycles. The van der Waals surface area contributed by atoms with Gasteiger partial charge >= 0.3 is 0 Å². The molecule has 1 aliphatic carbocycles. The predicted octanol–water partition coefficient (Wildman–Crippen LogP) is 5.27. The standard InChI is InChI=1S/C39H45FN4O4/c1-41(19-16-27-10-15-35(47-2)36(22-27)48-3)24-32(45)25-43-26-44(31-13-11-30(40)12-14-31)39(38(43)46)17-20-42(21-18-39)34-23-29-8-4-6-28-7-5-9-33(34)37(28)29/h4-15,22,32,34,45H,16-21,23-26H2,1-3H3/t32-,34-/m1/s1. The van der Waals surface area contributed by atoms with Crippen LogP contribution in [0.2, 0.25) is 0 Å². The smallest absolute Gasteiger partial charge is 0.250 e. The fraction of sp³-hybridized carbons (Fsp3) is 0.410. The average Bonchev–Trinajstić information content (AvgIpc) is 3.60. The van der Waals surface area contributed by atoms with E-state index in [-0.39, 0.29) is 18.3 Å². The molecule has 0 unspecified atom stereocenters. The molecule has 0 aromatic heterocycles. The number of aliphatic hydroxyl groups excluding tert-OH is 1. The highest BCUT2D eigenvalue weighted by atomic mass is 19.1. The van der Waals surface area contributed by atoms with Crippen LogP contribution in [-0.2, 0) is 17.6 Å². The summed E-state index contributed by atoms with van der Waals surface area (Å²) in [6.45, 7) is 3.35. The number of anilines is 1. The summed E-state index contributed by atoms with van der Waals surface area (Å²) in [5.41, 5.74) is 4.00. The minimum atomic E-state index is -0.731. The molecule has 1 spiro atoms.